The molecular formula is C13H24O3. The molecule has 0 aromatic carbocycles. The maximum atomic E-state index is 12.0. The van der Waals surface area contributed by atoms with Gasteiger partial charge in [-0.1, -0.05) is 40.5 Å². The third kappa shape index (κ3) is 4.33. The topological polar surface area (TPSA) is 43.4 Å². The predicted molar refractivity (Wildman–Crippen MR) is 64.0 cm³/mol. The quantitative estimate of drug-likeness (QED) is 0.629. The Hall–Kier alpha value is -0.860. The summed E-state index contributed by atoms with van der Waals surface area (Å²) in [4.78, 5) is 23.4. The summed E-state index contributed by atoms with van der Waals surface area (Å²) in [6, 6.07) is 0. The molecule has 0 radical (unpaired) electrons. The van der Waals surface area contributed by atoms with E-state index in [9.17, 15) is 9.59 Å². The van der Waals surface area contributed by atoms with Gasteiger partial charge in [-0.3, -0.25) is 9.59 Å². The number of esters is 1. The number of carbonyl (C=O) groups is 2. The van der Waals surface area contributed by atoms with Crippen molar-refractivity contribution in [1.82, 2.24) is 0 Å². The zero-order valence-corrected chi connectivity index (χ0v) is 11.1. The van der Waals surface area contributed by atoms with Crippen molar-refractivity contribution in [1.29, 1.82) is 0 Å². The van der Waals surface area contributed by atoms with Crippen LogP contribution in [-0.4, -0.2) is 18.9 Å². The number of hydrogen-bond donors (Lipinski definition) is 0. The molecule has 3 nitrogen and oxygen atoms in total. The summed E-state index contributed by atoms with van der Waals surface area (Å²) in [5.41, 5.74) is 0. The van der Waals surface area contributed by atoms with Crippen LogP contribution in [0.2, 0.25) is 0 Å². The Kier molecular flexibility index (Phi) is 7.02. The van der Waals surface area contributed by atoms with Crippen molar-refractivity contribution in [3.63, 3.8) is 0 Å². The Morgan fingerprint density at radius 3 is 1.94 bits per heavy atom. The Morgan fingerprint density at radius 1 is 1.12 bits per heavy atom. The molecule has 0 heterocycles. The van der Waals surface area contributed by atoms with Crippen molar-refractivity contribution < 1.29 is 14.3 Å². The summed E-state index contributed by atoms with van der Waals surface area (Å²) in [6.45, 7) is 7.89. The Bertz CT molecular complexity index is 229. The number of Topliss-reactive ketones (excluding diaryl/α,β-unsaturated/α-hetero) is 1. The van der Waals surface area contributed by atoms with E-state index in [1.165, 1.54) is 7.11 Å². The Labute approximate surface area is 98.6 Å². The molecule has 0 aromatic heterocycles. The van der Waals surface area contributed by atoms with Crippen LogP contribution in [-0.2, 0) is 14.3 Å². The molecule has 1 unspecified atom stereocenters. The average molecular weight is 228 g/mol. The van der Waals surface area contributed by atoms with E-state index in [0.29, 0.717) is 0 Å². The van der Waals surface area contributed by atoms with Gasteiger partial charge < -0.3 is 4.74 Å². The molecule has 1 atom stereocenters. The number of methoxy groups -OCH3 is 1. The largest absolute Gasteiger partial charge is 0.469 e. The first kappa shape index (κ1) is 15.1. The van der Waals surface area contributed by atoms with Gasteiger partial charge in [-0.15, -0.1) is 0 Å². The molecule has 0 aliphatic rings. The van der Waals surface area contributed by atoms with Gasteiger partial charge in [0.1, 0.15) is 5.78 Å². The fraction of sp³-hybridized carbons (Fsp3) is 0.846. The van der Waals surface area contributed by atoms with Gasteiger partial charge in [0.05, 0.1) is 13.5 Å². The summed E-state index contributed by atoms with van der Waals surface area (Å²) < 4.78 is 4.66. The maximum Gasteiger partial charge on any atom is 0.306 e. The van der Waals surface area contributed by atoms with Crippen LogP contribution in [0.4, 0.5) is 0 Å². The molecule has 0 saturated heterocycles. The third-order valence-electron chi connectivity index (χ3n) is 3.17. The van der Waals surface area contributed by atoms with Gasteiger partial charge in [-0.25, -0.2) is 0 Å². The molecule has 0 N–H and O–H groups in total. The van der Waals surface area contributed by atoms with Gasteiger partial charge in [0.15, 0.2) is 0 Å². The van der Waals surface area contributed by atoms with Crippen LogP contribution in [0.5, 0.6) is 0 Å². The molecule has 3 heteroatoms. The lowest BCUT2D eigenvalue weighted by molar-refractivity contribution is -0.145. The second-order valence-electron chi connectivity index (χ2n) is 4.52. The number of carbonyl (C=O) groups excluding carboxylic acids is 2. The van der Waals surface area contributed by atoms with Gasteiger partial charge in [0, 0.05) is 11.8 Å². The molecule has 0 aromatic rings. The van der Waals surface area contributed by atoms with Gasteiger partial charge >= 0.3 is 5.97 Å². The first-order valence-electron chi connectivity index (χ1n) is 6.08. The fourth-order valence-corrected chi connectivity index (χ4v) is 2.05. The summed E-state index contributed by atoms with van der Waals surface area (Å²) in [5.74, 6) is -0.0169. The lowest BCUT2D eigenvalue weighted by Gasteiger charge is -2.24. The normalized spacial score (nSPS) is 12.9. The van der Waals surface area contributed by atoms with E-state index in [2.05, 4.69) is 18.6 Å². The van der Waals surface area contributed by atoms with Gasteiger partial charge in [0.2, 0.25) is 0 Å². The van der Waals surface area contributed by atoms with Crippen molar-refractivity contribution in [2.45, 2.75) is 47.0 Å². The number of ketones is 1. The van der Waals surface area contributed by atoms with E-state index in [1.54, 1.807) is 0 Å². The molecule has 0 fully saturated rings. The molecule has 0 aliphatic heterocycles. The fourth-order valence-electron chi connectivity index (χ4n) is 2.05. The lowest BCUT2D eigenvalue weighted by Crippen LogP contribution is -2.29. The highest BCUT2D eigenvalue weighted by Crippen LogP contribution is 2.26. The zero-order valence-electron chi connectivity index (χ0n) is 11.1. The van der Waals surface area contributed by atoms with Crippen molar-refractivity contribution >= 4 is 11.8 Å². The summed E-state index contributed by atoms with van der Waals surface area (Å²) in [6.07, 6.45) is 2.08. The molecule has 0 spiro atoms. The predicted octanol–water partition coefficient (Wildman–Crippen LogP) is 2.83. The first-order chi connectivity index (χ1) is 7.47. The molecule has 0 aliphatic carbocycles. The van der Waals surface area contributed by atoms with E-state index < -0.39 is 0 Å². The van der Waals surface area contributed by atoms with E-state index in [-0.39, 0.29) is 35.9 Å². The molecule has 0 rings (SSSR count). The third-order valence-corrected chi connectivity index (χ3v) is 3.17. The molecule has 0 amide bonds. The number of hydrogen-bond acceptors (Lipinski definition) is 3. The van der Waals surface area contributed by atoms with Crippen LogP contribution in [0.25, 0.3) is 0 Å². The highest BCUT2D eigenvalue weighted by Gasteiger charge is 2.29. The van der Waals surface area contributed by atoms with Gasteiger partial charge in [0.25, 0.3) is 0 Å². The monoisotopic (exact) mass is 228 g/mol. The van der Waals surface area contributed by atoms with Crippen molar-refractivity contribution in [3.05, 3.63) is 0 Å². The maximum absolute atomic E-state index is 12.0. The summed E-state index contributed by atoms with van der Waals surface area (Å²) in [7, 11) is 1.37. The minimum atomic E-state index is -0.286. The van der Waals surface area contributed by atoms with Crippen LogP contribution < -0.4 is 0 Å². The van der Waals surface area contributed by atoms with Gasteiger partial charge in [-0.2, -0.15) is 0 Å². The minimum Gasteiger partial charge on any atom is -0.469 e. The number of rotatable bonds is 7. The van der Waals surface area contributed by atoms with Crippen LogP contribution in [0.15, 0.2) is 0 Å². The van der Waals surface area contributed by atoms with E-state index in [0.717, 1.165) is 12.8 Å². The number of ether oxygens (including phenoxy) is 1. The molecule has 0 bridgehead atoms. The van der Waals surface area contributed by atoms with Crippen LogP contribution >= 0.6 is 0 Å². The highest BCUT2D eigenvalue weighted by atomic mass is 16.5. The molecule has 0 saturated carbocycles. The second kappa shape index (κ2) is 7.42. The van der Waals surface area contributed by atoms with Crippen molar-refractivity contribution in [3.8, 4) is 0 Å². The van der Waals surface area contributed by atoms with Crippen LogP contribution in [0.3, 0.4) is 0 Å². The Morgan fingerprint density at radius 2 is 1.62 bits per heavy atom. The minimum absolute atomic E-state index is 0.0183. The average Bonchev–Trinajstić information content (AvgIpc) is 2.27. The standard InChI is InChI=1S/C13H24O3/c1-6-10(7-2)11(8-12(14)16-5)13(15)9(3)4/h9-11H,6-8H2,1-5H3. The van der Waals surface area contributed by atoms with E-state index in [4.69, 9.17) is 0 Å². The first-order valence-corrected chi connectivity index (χ1v) is 6.08. The summed E-state index contributed by atoms with van der Waals surface area (Å²) in [5, 5.41) is 0. The second-order valence-corrected chi connectivity index (χ2v) is 4.52. The summed E-state index contributed by atoms with van der Waals surface area (Å²) >= 11 is 0. The van der Waals surface area contributed by atoms with E-state index in [1.807, 2.05) is 13.8 Å². The molecule has 94 valence electrons. The SMILES string of the molecule is CCC(CC)C(CC(=O)OC)C(=O)C(C)C. The molecular weight excluding hydrogens is 204 g/mol. The van der Waals surface area contributed by atoms with E-state index >= 15 is 0 Å². The highest BCUT2D eigenvalue weighted by molar-refractivity contribution is 5.86. The van der Waals surface area contributed by atoms with Gasteiger partial charge in [-0.05, 0) is 5.92 Å². The zero-order chi connectivity index (χ0) is 12.7. The smallest absolute Gasteiger partial charge is 0.306 e. The van der Waals surface area contributed by atoms with Crippen molar-refractivity contribution in [2.24, 2.45) is 17.8 Å². The Balaban J connectivity index is 4.74. The van der Waals surface area contributed by atoms with Crippen molar-refractivity contribution in [2.75, 3.05) is 7.11 Å². The van der Waals surface area contributed by atoms with Crippen LogP contribution in [0.1, 0.15) is 47.0 Å². The molecule has 16 heavy (non-hydrogen) atoms. The van der Waals surface area contributed by atoms with Crippen LogP contribution in [0, 0.1) is 17.8 Å². The lowest BCUT2D eigenvalue weighted by atomic mass is 9.79.